The summed E-state index contributed by atoms with van der Waals surface area (Å²) in [6, 6.07) is 24.4. The molecule has 11 heteroatoms. The number of methoxy groups -OCH3 is 1. The molecule has 0 spiro atoms. The van der Waals surface area contributed by atoms with Crippen LogP contribution in [0.1, 0.15) is 27.5 Å². The SMILES string of the molecule is COCOc1ccccc1C(CNC(=O)c1nccc(Sc2cnc(Nc3ccccn3)s2)c1F)c1ccccc1. The van der Waals surface area contributed by atoms with Crippen LogP contribution in [0, 0.1) is 5.82 Å². The van der Waals surface area contributed by atoms with Crippen LogP contribution >= 0.6 is 23.1 Å². The molecule has 1 unspecified atom stereocenters. The molecule has 0 aliphatic heterocycles. The number of rotatable bonds is 12. The Morgan fingerprint density at radius 2 is 1.78 bits per heavy atom. The first-order valence-electron chi connectivity index (χ1n) is 12.6. The summed E-state index contributed by atoms with van der Waals surface area (Å²) in [7, 11) is 1.55. The fourth-order valence-electron chi connectivity index (χ4n) is 4.08. The molecule has 0 bridgehead atoms. The molecule has 2 N–H and O–H groups in total. The lowest BCUT2D eigenvalue weighted by Gasteiger charge is -2.21. The maximum absolute atomic E-state index is 15.5. The van der Waals surface area contributed by atoms with Crippen LogP contribution in [-0.2, 0) is 4.74 Å². The Hall–Kier alpha value is -4.32. The quantitative estimate of drug-likeness (QED) is 0.159. The van der Waals surface area contributed by atoms with E-state index in [0.29, 0.717) is 16.7 Å². The van der Waals surface area contributed by atoms with Crippen LogP contribution in [0.25, 0.3) is 0 Å². The number of aromatic nitrogens is 3. The minimum absolute atomic E-state index is 0.0882. The maximum atomic E-state index is 15.5. The fourth-order valence-corrected chi connectivity index (χ4v) is 5.94. The van der Waals surface area contributed by atoms with Gasteiger partial charge in [0, 0.05) is 37.5 Å². The lowest BCUT2D eigenvalue weighted by molar-refractivity contribution is 0.0502. The second-order valence-electron chi connectivity index (χ2n) is 8.66. The lowest BCUT2D eigenvalue weighted by Crippen LogP contribution is -2.30. The van der Waals surface area contributed by atoms with E-state index >= 15 is 4.39 Å². The van der Waals surface area contributed by atoms with E-state index in [9.17, 15) is 4.79 Å². The summed E-state index contributed by atoms with van der Waals surface area (Å²) < 4.78 is 27.1. The summed E-state index contributed by atoms with van der Waals surface area (Å²) in [5, 5.41) is 6.62. The van der Waals surface area contributed by atoms with Crippen molar-refractivity contribution in [2.45, 2.75) is 15.0 Å². The number of pyridine rings is 2. The van der Waals surface area contributed by atoms with Gasteiger partial charge in [-0.1, -0.05) is 77.7 Å². The highest BCUT2D eigenvalue weighted by Crippen LogP contribution is 2.36. The smallest absolute Gasteiger partial charge is 0.273 e. The van der Waals surface area contributed by atoms with E-state index < -0.39 is 11.7 Å². The minimum Gasteiger partial charge on any atom is -0.467 e. The molecule has 5 aromatic rings. The Morgan fingerprint density at radius 1 is 0.976 bits per heavy atom. The van der Waals surface area contributed by atoms with Crippen molar-refractivity contribution in [3.8, 4) is 5.75 Å². The highest BCUT2D eigenvalue weighted by atomic mass is 32.2. The van der Waals surface area contributed by atoms with Crippen LogP contribution in [0.4, 0.5) is 15.3 Å². The zero-order valence-corrected chi connectivity index (χ0v) is 23.6. The maximum Gasteiger partial charge on any atom is 0.273 e. The van der Waals surface area contributed by atoms with Crippen molar-refractivity contribution in [3.05, 3.63) is 120 Å². The zero-order valence-electron chi connectivity index (χ0n) is 22.0. The first kappa shape index (κ1) is 28.2. The summed E-state index contributed by atoms with van der Waals surface area (Å²) in [6.07, 6.45) is 4.76. The normalized spacial score (nSPS) is 11.6. The number of carbonyl (C=O) groups is 1. The second kappa shape index (κ2) is 13.8. The molecule has 0 saturated carbocycles. The predicted octanol–water partition coefficient (Wildman–Crippen LogP) is 6.51. The Bertz CT molecular complexity index is 1590. The number of halogens is 1. The molecule has 2 aromatic carbocycles. The van der Waals surface area contributed by atoms with Gasteiger partial charge >= 0.3 is 0 Å². The van der Waals surface area contributed by atoms with Gasteiger partial charge in [0.15, 0.2) is 23.4 Å². The van der Waals surface area contributed by atoms with Crippen molar-refractivity contribution in [1.29, 1.82) is 0 Å². The molecule has 1 amide bonds. The number of nitrogens with one attached hydrogen (secondary N) is 2. The lowest BCUT2D eigenvalue weighted by atomic mass is 9.90. The molecule has 3 aromatic heterocycles. The molecule has 0 aliphatic carbocycles. The zero-order chi connectivity index (χ0) is 28.4. The average molecular weight is 588 g/mol. The molecule has 0 fully saturated rings. The predicted molar refractivity (Wildman–Crippen MR) is 158 cm³/mol. The summed E-state index contributed by atoms with van der Waals surface area (Å²) in [5.74, 6) is -0.252. The standard InChI is InChI=1S/C30H26FN5O3S2/c1-38-19-39-23-12-6-5-11-21(23)22(20-9-3-2-4-10-20)17-34-29(37)28-27(31)24(14-16-33-28)40-26-18-35-30(41-26)36-25-13-7-8-15-32-25/h2-16,18,22H,17,19H2,1H3,(H,34,37)(H,32,35,36). The average Bonchev–Trinajstić information content (AvgIpc) is 3.45. The molecule has 0 radical (unpaired) electrons. The van der Waals surface area contributed by atoms with Crippen LogP contribution in [0.3, 0.4) is 0 Å². The molecular weight excluding hydrogens is 561 g/mol. The Balaban J connectivity index is 1.31. The number of thiazole rings is 1. The third-order valence-corrected chi connectivity index (χ3v) is 8.01. The van der Waals surface area contributed by atoms with Crippen molar-refractivity contribution in [2.24, 2.45) is 0 Å². The van der Waals surface area contributed by atoms with Crippen LogP contribution in [0.2, 0.25) is 0 Å². The number of nitrogens with zero attached hydrogens (tertiary/aromatic N) is 3. The van der Waals surface area contributed by atoms with Gasteiger partial charge in [0.25, 0.3) is 5.91 Å². The van der Waals surface area contributed by atoms with Gasteiger partial charge in [-0.25, -0.2) is 19.3 Å². The summed E-state index contributed by atoms with van der Waals surface area (Å²) in [5.41, 5.74) is 1.57. The van der Waals surface area contributed by atoms with E-state index in [-0.39, 0.29) is 29.8 Å². The Morgan fingerprint density at radius 3 is 2.59 bits per heavy atom. The van der Waals surface area contributed by atoms with Crippen molar-refractivity contribution >= 4 is 40.0 Å². The van der Waals surface area contributed by atoms with Gasteiger partial charge in [0.2, 0.25) is 0 Å². The molecule has 8 nitrogen and oxygen atoms in total. The first-order valence-corrected chi connectivity index (χ1v) is 14.3. The second-order valence-corrected chi connectivity index (χ2v) is 11.0. The number of amides is 1. The highest BCUT2D eigenvalue weighted by molar-refractivity contribution is 8.01. The van der Waals surface area contributed by atoms with Gasteiger partial charge in [-0.2, -0.15) is 0 Å². The monoisotopic (exact) mass is 587 g/mol. The van der Waals surface area contributed by atoms with Gasteiger partial charge in [0.1, 0.15) is 11.6 Å². The van der Waals surface area contributed by atoms with Crippen molar-refractivity contribution in [1.82, 2.24) is 20.3 Å². The Labute approximate surface area is 245 Å². The molecule has 5 rings (SSSR count). The van der Waals surface area contributed by atoms with Gasteiger partial charge in [0.05, 0.1) is 15.3 Å². The molecular formula is C30H26FN5O3S2. The fraction of sp³-hybridized carbons (Fsp3) is 0.133. The first-order chi connectivity index (χ1) is 20.1. The van der Waals surface area contributed by atoms with Crippen LogP contribution in [-0.4, -0.2) is 41.3 Å². The number of anilines is 2. The van der Waals surface area contributed by atoms with E-state index in [1.54, 1.807) is 25.6 Å². The third kappa shape index (κ3) is 7.26. The molecule has 208 valence electrons. The molecule has 0 saturated heterocycles. The van der Waals surface area contributed by atoms with Crippen molar-refractivity contribution in [2.75, 3.05) is 25.8 Å². The number of para-hydroxylation sites is 1. The Kier molecular flexibility index (Phi) is 9.53. The van der Waals surface area contributed by atoms with Crippen LogP contribution < -0.4 is 15.4 Å². The van der Waals surface area contributed by atoms with Crippen molar-refractivity contribution < 1.29 is 18.7 Å². The van der Waals surface area contributed by atoms with E-state index in [1.807, 2.05) is 72.8 Å². The topological polar surface area (TPSA) is 98.3 Å². The molecule has 1 atom stereocenters. The molecule has 0 aliphatic rings. The number of hydrogen-bond acceptors (Lipinski definition) is 9. The molecule has 3 heterocycles. The van der Waals surface area contributed by atoms with Gasteiger partial charge in [-0.05, 0) is 29.8 Å². The van der Waals surface area contributed by atoms with Gasteiger partial charge in [-0.15, -0.1) is 0 Å². The van der Waals surface area contributed by atoms with E-state index in [2.05, 4.69) is 25.6 Å². The van der Waals surface area contributed by atoms with Crippen LogP contribution in [0.5, 0.6) is 5.75 Å². The minimum atomic E-state index is -0.692. The largest absolute Gasteiger partial charge is 0.467 e. The van der Waals surface area contributed by atoms with E-state index in [4.69, 9.17) is 9.47 Å². The highest BCUT2D eigenvalue weighted by Gasteiger charge is 2.23. The van der Waals surface area contributed by atoms with Crippen LogP contribution in [0.15, 0.2) is 107 Å². The van der Waals surface area contributed by atoms with Crippen molar-refractivity contribution in [3.63, 3.8) is 0 Å². The van der Waals surface area contributed by atoms with E-state index in [0.717, 1.165) is 15.3 Å². The summed E-state index contributed by atoms with van der Waals surface area (Å²) >= 11 is 2.53. The number of benzene rings is 2. The number of hydrogen-bond donors (Lipinski definition) is 2. The summed E-state index contributed by atoms with van der Waals surface area (Å²) in [4.78, 5) is 26.1. The number of carbonyl (C=O) groups excluding carboxylic acids is 1. The summed E-state index contributed by atoms with van der Waals surface area (Å²) in [6.45, 7) is 0.289. The number of ether oxygens (including phenoxy) is 2. The van der Waals surface area contributed by atoms with Gasteiger partial charge in [-0.3, -0.25) is 4.79 Å². The van der Waals surface area contributed by atoms with E-state index in [1.165, 1.54) is 29.3 Å². The third-order valence-electron chi connectivity index (χ3n) is 5.96. The molecule has 41 heavy (non-hydrogen) atoms. The van der Waals surface area contributed by atoms with Gasteiger partial charge < -0.3 is 20.1 Å².